The van der Waals surface area contributed by atoms with Crippen molar-refractivity contribution in [2.75, 3.05) is 14.1 Å². The Hall–Kier alpha value is -5.54. The Morgan fingerprint density at radius 3 is 1.17 bits per heavy atom. The van der Waals surface area contributed by atoms with Crippen molar-refractivity contribution < 1.29 is 29.4 Å². The minimum Gasteiger partial charge on any atom is -0.388 e. The molecule has 58 heavy (non-hydrogen) atoms. The third kappa shape index (κ3) is 11.8. The van der Waals surface area contributed by atoms with Gasteiger partial charge in [0.25, 0.3) is 0 Å². The Kier molecular flexibility index (Phi) is 16.6. The number of rotatable bonds is 17. The second-order valence-electron chi connectivity index (χ2n) is 15.4. The molecule has 0 radical (unpaired) electrons. The van der Waals surface area contributed by atoms with Crippen molar-refractivity contribution in [1.82, 2.24) is 29.6 Å². The first kappa shape index (κ1) is 45.2. The molecule has 6 N–H and O–H groups in total. The third-order valence-corrected chi connectivity index (χ3v) is 10.2. The van der Waals surface area contributed by atoms with Crippen LogP contribution >= 0.6 is 0 Å². The predicted molar refractivity (Wildman–Crippen MR) is 221 cm³/mol. The molecule has 0 saturated heterocycles. The highest BCUT2D eigenvalue weighted by Gasteiger charge is 2.47. The molecule has 2 aromatic heterocycles. The van der Waals surface area contributed by atoms with Gasteiger partial charge in [-0.25, -0.2) is 9.59 Å². The minimum absolute atomic E-state index is 0.0141. The van der Waals surface area contributed by atoms with Crippen LogP contribution in [0.25, 0.3) is 0 Å². The number of benzene rings is 2. The largest absolute Gasteiger partial charge is 0.388 e. The van der Waals surface area contributed by atoms with E-state index >= 15 is 0 Å². The lowest BCUT2D eigenvalue weighted by Crippen LogP contribution is -2.65. The summed E-state index contributed by atoms with van der Waals surface area (Å²) in [6.07, 6.45) is -0.894. The number of carbonyl (C=O) groups excluding carboxylic acids is 4. The summed E-state index contributed by atoms with van der Waals surface area (Å²) in [4.78, 5) is 71.3. The number of nitrogens with two attached hydrogens (primary N) is 2. The standard InChI is InChI=1S/C44H58N8O6/c1-29(2)37(45)41(55)51(43(57)49(5)27-33-21-13-15-23-47-33)35(25-31-17-9-7-10-18-31)39(53)40(54)36(26-32-19-11-8-12-20-32)52(42(56)38(46)30(3)4)44(58)50(6)28-34-22-14-16-24-48-34/h7-24,29-30,35-40,53-54H,25-28,45-46H2,1-6H3/t35-,36-,37-,38-,39?,40?/m0/s1. The first-order valence-corrected chi connectivity index (χ1v) is 19.5. The van der Waals surface area contributed by atoms with Crippen molar-refractivity contribution in [2.24, 2.45) is 23.3 Å². The molecule has 2 unspecified atom stereocenters. The summed E-state index contributed by atoms with van der Waals surface area (Å²) < 4.78 is 0. The van der Waals surface area contributed by atoms with Crippen LogP contribution in [0.2, 0.25) is 0 Å². The number of aromatic nitrogens is 2. The SMILES string of the molecule is CC(C)[C@H](N)C(=O)N(C(=O)N(C)Cc1ccccn1)[C@@H](Cc1ccccc1)C(O)C(O)[C@H](Cc1ccccc1)N(C(=O)[C@@H](N)C(C)C)C(=O)N(C)Cc1ccccn1. The van der Waals surface area contributed by atoms with E-state index in [0.29, 0.717) is 22.5 Å². The number of aliphatic hydroxyl groups is 2. The smallest absolute Gasteiger partial charge is 0.327 e. The van der Waals surface area contributed by atoms with Gasteiger partial charge in [0.2, 0.25) is 11.8 Å². The van der Waals surface area contributed by atoms with Gasteiger partial charge >= 0.3 is 12.1 Å². The highest BCUT2D eigenvalue weighted by atomic mass is 16.3. The van der Waals surface area contributed by atoms with Crippen molar-refractivity contribution in [3.63, 3.8) is 0 Å². The molecule has 0 saturated carbocycles. The van der Waals surface area contributed by atoms with Crippen molar-refractivity contribution in [3.05, 3.63) is 132 Å². The number of imide groups is 2. The van der Waals surface area contributed by atoms with Gasteiger partial charge in [0.15, 0.2) is 0 Å². The van der Waals surface area contributed by atoms with E-state index in [9.17, 15) is 29.4 Å². The van der Waals surface area contributed by atoms with Crippen LogP contribution in [0.3, 0.4) is 0 Å². The van der Waals surface area contributed by atoms with Gasteiger partial charge in [0.1, 0.15) is 12.2 Å². The molecule has 0 aliphatic rings. The van der Waals surface area contributed by atoms with Gasteiger partial charge in [-0.05, 0) is 60.1 Å². The summed E-state index contributed by atoms with van der Waals surface area (Å²) in [7, 11) is 3.01. The van der Waals surface area contributed by atoms with E-state index in [-0.39, 0.29) is 25.9 Å². The summed E-state index contributed by atoms with van der Waals surface area (Å²) in [5, 5.41) is 25.2. The maximum Gasteiger partial charge on any atom is 0.327 e. The number of hydrogen-bond donors (Lipinski definition) is 4. The monoisotopic (exact) mass is 794 g/mol. The lowest BCUT2D eigenvalue weighted by atomic mass is 9.88. The second kappa shape index (κ2) is 21.3. The minimum atomic E-state index is -1.93. The molecule has 4 aromatic rings. The van der Waals surface area contributed by atoms with E-state index in [1.165, 1.54) is 23.9 Å². The highest BCUT2D eigenvalue weighted by molar-refractivity contribution is 5.98. The number of carbonyl (C=O) groups is 4. The summed E-state index contributed by atoms with van der Waals surface area (Å²) in [6.45, 7) is 6.99. The van der Waals surface area contributed by atoms with Gasteiger partial charge in [0.05, 0.1) is 48.6 Å². The topological polar surface area (TPSA) is 200 Å². The molecule has 0 fully saturated rings. The molecule has 6 atom stereocenters. The molecule has 0 aliphatic carbocycles. The second-order valence-corrected chi connectivity index (χ2v) is 15.4. The average molecular weight is 795 g/mol. The van der Waals surface area contributed by atoms with Crippen molar-refractivity contribution in [2.45, 2.75) is 90.0 Å². The molecule has 2 aromatic carbocycles. The Morgan fingerprint density at radius 1 is 0.552 bits per heavy atom. The van der Waals surface area contributed by atoms with Crippen LogP contribution in [0.15, 0.2) is 109 Å². The molecule has 14 nitrogen and oxygen atoms in total. The Labute approximate surface area is 341 Å². The van der Waals surface area contributed by atoms with Gasteiger partial charge in [-0.15, -0.1) is 0 Å². The molecule has 0 spiro atoms. The number of pyridine rings is 2. The number of hydrogen-bond acceptors (Lipinski definition) is 10. The third-order valence-electron chi connectivity index (χ3n) is 10.2. The summed E-state index contributed by atoms with van der Waals surface area (Å²) in [5.41, 5.74) is 15.3. The molecular weight excluding hydrogens is 737 g/mol. The highest BCUT2D eigenvalue weighted by Crippen LogP contribution is 2.26. The van der Waals surface area contributed by atoms with Crippen molar-refractivity contribution >= 4 is 23.9 Å². The lowest BCUT2D eigenvalue weighted by molar-refractivity contribution is -0.143. The molecule has 0 aliphatic heterocycles. The van der Waals surface area contributed by atoms with Crippen molar-refractivity contribution in [3.8, 4) is 0 Å². The van der Waals surface area contributed by atoms with Crippen LogP contribution in [0.5, 0.6) is 0 Å². The van der Waals surface area contributed by atoms with E-state index in [1.54, 1.807) is 137 Å². The van der Waals surface area contributed by atoms with Gasteiger partial charge in [0, 0.05) is 26.5 Å². The number of aliphatic hydroxyl groups excluding tert-OH is 2. The summed E-state index contributed by atoms with van der Waals surface area (Å²) in [6, 6.07) is 21.5. The van der Waals surface area contributed by atoms with E-state index in [4.69, 9.17) is 11.5 Å². The van der Waals surface area contributed by atoms with Crippen LogP contribution in [-0.4, -0.2) is 114 Å². The quantitative estimate of drug-likeness (QED) is 0.122. The van der Waals surface area contributed by atoms with Crippen LogP contribution in [0, 0.1) is 11.8 Å². The zero-order valence-corrected chi connectivity index (χ0v) is 34.2. The van der Waals surface area contributed by atoms with Gasteiger partial charge in [-0.2, -0.15) is 0 Å². The molecule has 6 amide bonds. The number of nitrogens with zero attached hydrogens (tertiary/aromatic N) is 6. The number of amides is 6. The fraction of sp³-hybridized carbons (Fsp3) is 0.409. The molecule has 2 heterocycles. The molecule has 14 heteroatoms. The van der Waals surface area contributed by atoms with E-state index in [2.05, 4.69) is 9.97 Å². The van der Waals surface area contributed by atoms with E-state index < -0.39 is 72.1 Å². The van der Waals surface area contributed by atoms with E-state index in [0.717, 1.165) is 9.80 Å². The Bertz CT molecular complexity index is 1770. The van der Waals surface area contributed by atoms with Gasteiger partial charge < -0.3 is 31.5 Å². The van der Waals surface area contributed by atoms with E-state index in [1.807, 2.05) is 0 Å². The molecule has 0 bridgehead atoms. The Morgan fingerprint density at radius 2 is 0.879 bits per heavy atom. The van der Waals surface area contributed by atoms with Crippen LogP contribution in [0.4, 0.5) is 9.59 Å². The first-order valence-electron chi connectivity index (χ1n) is 19.5. The Balaban J connectivity index is 1.89. The molecule has 310 valence electrons. The lowest BCUT2D eigenvalue weighted by Gasteiger charge is -2.43. The summed E-state index contributed by atoms with van der Waals surface area (Å²) in [5.74, 6) is -2.37. The normalized spacial score (nSPS) is 14.5. The van der Waals surface area contributed by atoms with Crippen molar-refractivity contribution in [1.29, 1.82) is 0 Å². The zero-order chi connectivity index (χ0) is 42.5. The zero-order valence-electron chi connectivity index (χ0n) is 34.2. The molecule has 4 rings (SSSR count). The molecular formula is C44H58N8O6. The van der Waals surface area contributed by atoms with Gasteiger partial charge in [-0.1, -0.05) is 100 Å². The first-order chi connectivity index (χ1) is 27.6. The van der Waals surface area contributed by atoms with Gasteiger partial charge in [-0.3, -0.25) is 29.4 Å². The average Bonchev–Trinajstić information content (AvgIpc) is 3.23. The fourth-order valence-electron chi connectivity index (χ4n) is 6.56. The van der Waals surface area contributed by atoms with Crippen LogP contribution in [0.1, 0.15) is 50.2 Å². The fourth-order valence-corrected chi connectivity index (χ4v) is 6.56. The number of urea groups is 2. The van der Waals surface area contributed by atoms with Crippen LogP contribution in [-0.2, 0) is 35.5 Å². The maximum absolute atomic E-state index is 14.6. The maximum atomic E-state index is 14.6. The van der Waals surface area contributed by atoms with Crippen LogP contribution < -0.4 is 11.5 Å². The predicted octanol–water partition coefficient (Wildman–Crippen LogP) is 3.85. The summed E-state index contributed by atoms with van der Waals surface area (Å²) >= 11 is 0.